The molecule has 8 heteroatoms. The van der Waals surface area contributed by atoms with Gasteiger partial charge in [-0.15, -0.1) is 0 Å². The monoisotopic (exact) mass is 330 g/mol. The third-order valence-corrected chi connectivity index (χ3v) is 3.70. The molecular formula is C16H16F2N6. The van der Waals surface area contributed by atoms with Crippen molar-refractivity contribution in [3.63, 3.8) is 0 Å². The maximum absolute atomic E-state index is 13.7. The van der Waals surface area contributed by atoms with Crippen molar-refractivity contribution >= 4 is 17.2 Å². The van der Waals surface area contributed by atoms with Gasteiger partial charge in [-0.05, 0) is 26.0 Å². The molecule has 3 aromatic heterocycles. The average molecular weight is 330 g/mol. The molecule has 0 bridgehead atoms. The lowest BCUT2D eigenvalue weighted by atomic mass is 10.0. The van der Waals surface area contributed by atoms with E-state index < -0.39 is 12.8 Å². The number of fused-ring (bicyclic) bond motifs is 1. The molecule has 0 saturated carbocycles. The predicted octanol–water partition coefficient (Wildman–Crippen LogP) is 2.84. The van der Waals surface area contributed by atoms with Crippen molar-refractivity contribution in [1.29, 1.82) is 0 Å². The Balaban J connectivity index is 2.13. The van der Waals surface area contributed by atoms with Crippen molar-refractivity contribution in [3.8, 4) is 0 Å². The molecule has 3 aromatic rings. The number of halogens is 2. The molecule has 0 saturated heterocycles. The minimum Gasteiger partial charge on any atom is -0.368 e. The fraction of sp³-hybridized carbons (Fsp3) is 0.250. The number of nitrogens with zero attached hydrogens (tertiary/aromatic N) is 5. The molecule has 3 rings (SSSR count). The summed E-state index contributed by atoms with van der Waals surface area (Å²) >= 11 is 0. The highest BCUT2D eigenvalue weighted by Crippen LogP contribution is 2.25. The van der Waals surface area contributed by atoms with E-state index in [1.54, 1.807) is 18.3 Å². The molecule has 0 aromatic carbocycles. The summed E-state index contributed by atoms with van der Waals surface area (Å²) in [7, 11) is 0. The largest absolute Gasteiger partial charge is 0.368 e. The molecular weight excluding hydrogens is 314 g/mol. The molecule has 24 heavy (non-hydrogen) atoms. The van der Waals surface area contributed by atoms with Crippen molar-refractivity contribution in [1.82, 2.24) is 24.6 Å². The molecule has 1 unspecified atom stereocenters. The Morgan fingerprint density at radius 1 is 1.33 bits per heavy atom. The van der Waals surface area contributed by atoms with Crippen LogP contribution in [0.1, 0.15) is 35.7 Å². The molecule has 0 amide bonds. The molecule has 0 spiro atoms. The van der Waals surface area contributed by atoms with Crippen LogP contribution in [0.3, 0.4) is 0 Å². The Hall–Kier alpha value is -2.90. The fourth-order valence-corrected chi connectivity index (χ4v) is 2.52. The number of imidazole rings is 1. The van der Waals surface area contributed by atoms with Gasteiger partial charge in [0.1, 0.15) is 6.67 Å². The topological polar surface area (TPSA) is 82.0 Å². The second kappa shape index (κ2) is 6.31. The number of hydrogen-bond donors (Lipinski definition) is 1. The number of anilines is 1. The van der Waals surface area contributed by atoms with E-state index in [-0.39, 0.29) is 11.6 Å². The summed E-state index contributed by atoms with van der Waals surface area (Å²) < 4.78 is 27.7. The van der Waals surface area contributed by atoms with Gasteiger partial charge >= 0.3 is 0 Å². The quantitative estimate of drug-likeness (QED) is 0.795. The Morgan fingerprint density at radius 3 is 2.79 bits per heavy atom. The maximum atomic E-state index is 13.7. The van der Waals surface area contributed by atoms with Crippen molar-refractivity contribution in [2.75, 3.05) is 12.4 Å². The lowest BCUT2D eigenvalue weighted by Crippen LogP contribution is -2.06. The first kappa shape index (κ1) is 16.0. The number of aromatic nitrogens is 5. The van der Waals surface area contributed by atoms with E-state index in [2.05, 4.69) is 20.1 Å². The van der Waals surface area contributed by atoms with Gasteiger partial charge in [0.05, 0.1) is 23.3 Å². The number of aryl methyl sites for hydroxylation is 1. The maximum Gasteiger partial charge on any atom is 0.220 e. The van der Waals surface area contributed by atoms with Crippen molar-refractivity contribution in [2.24, 2.45) is 0 Å². The van der Waals surface area contributed by atoms with Crippen LogP contribution in [-0.4, -0.2) is 31.2 Å². The second-order valence-electron chi connectivity index (χ2n) is 5.22. The van der Waals surface area contributed by atoms with Gasteiger partial charge in [0.25, 0.3) is 0 Å². The Morgan fingerprint density at radius 2 is 2.12 bits per heavy atom. The SMILES string of the molecule is C/C=C(/c1ccc2ncc(C(F)CF)n2n1)c1cnc(N)nc1C. The first-order chi connectivity index (χ1) is 11.5. The van der Waals surface area contributed by atoms with Gasteiger partial charge in [0.2, 0.25) is 5.95 Å². The summed E-state index contributed by atoms with van der Waals surface area (Å²) in [5.74, 6) is 0.190. The van der Waals surface area contributed by atoms with Gasteiger partial charge in [0.15, 0.2) is 11.8 Å². The lowest BCUT2D eigenvalue weighted by Gasteiger charge is -2.11. The molecule has 6 nitrogen and oxygen atoms in total. The minimum absolute atomic E-state index is 0.0788. The third-order valence-electron chi connectivity index (χ3n) is 3.70. The number of hydrogen-bond acceptors (Lipinski definition) is 5. The van der Waals surface area contributed by atoms with Gasteiger partial charge in [-0.1, -0.05) is 6.08 Å². The minimum atomic E-state index is -1.77. The Kier molecular flexibility index (Phi) is 4.20. The number of rotatable bonds is 4. The molecule has 0 aliphatic rings. The molecule has 0 fully saturated rings. The average Bonchev–Trinajstić information content (AvgIpc) is 3.00. The van der Waals surface area contributed by atoms with Gasteiger partial charge in [-0.25, -0.2) is 28.2 Å². The number of alkyl halides is 2. The zero-order chi connectivity index (χ0) is 17.3. The Labute approximate surface area is 137 Å². The zero-order valence-corrected chi connectivity index (χ0v) is 13.2. The van der Waals surface area contributed by atoms with Gasteiger partial charge < -0.3 is 5.73 Å². The number of nitrogen functional groups attached to an aromatic ring is 1. The molecule has 3 heterocycles. The summed E-state index contributed by atoms with van der Waals surface area (Å²) in [6.45, 7) is 2.55. The van der Waals surface area contributed by atoms with Gasteiger partial charge in [-0.3, -0.25) is 0 Å². The standard InChI is InChI=1S/C16H16F2N6/c1-3-10(11-7-21-16(19)22-9(11)2)13-4-5-15-20-8-14(12(18)6-17)24(15)23-13/h3-5,7-8,12H,6H2,1-2H3,(H2,19,21,22)/b10-3+. The van der Waals surface area contributed by atoms with E-state index >= 15 is 0 Å². The summed E-state index contributed by atoms with van der Waals surface area (Å²) in [6, 6.07) is 3.47. The number of allylic oxidation sites excluding steroid dienone is 1. The molecule has 0 aliphatic heterocycles. The van der Waals surface area contributed by atoms with E-state index in [9.17, 15) is 8.78 Å². The summed E-state index contributed by atoms with van der Waals surface area (Å²) in [5, 5.41) is 4.41. The first-order valence-corrected chi connectivity index (χ1v) is 7.36. The Bertz CT molecular complexity index is 918. The van der Waals surface area contributed by atoms with Crippen LogP contribution in [0.25, 0.3) is 11.2 Å². The van der Waals surface area contributed by atoms with Crippen LogP contribution >= 0.6 is 0 Å². The smallest absolute Gasteiger partial charge is 0.220 e. The van der Waals surface area contributed by atoms with E-state index in [0.717, 1.165) is 11.1 Å². The molecule has 124 valence electrons. The van der Waals surface area contributed by atoms with Crippen LogP contribution in [0.15, 0.2) is 30.6 Å². The second-order valence-corrected chi connectivity index (χ2v) is 5.22. The highest BCUT2D eigenvalue weighted by molar-refractivity contribution is 5.78. The van der Waals surface area contributed by atoms with E-state index in [1.807, 2.05) is 19.9 Å². The first-order valence-electron chi connectivity index (χ1n) is 7.36. The predicted molar refractivity (Wildman–Crippen MR) is 86.7 cm³/mol. The van der Waals surface area contributed by atoms with Gasteiger partial charge in [-0.2, -0.15) is 5.10 Å². The molecule has 0 aliphatic carbocycles. The normalized spacial score (nSPS) is 13.4. The highest BCUT2D eigenvalue weighted by atomic mass is 19.2. The van der Waals surface area contributed by atoms with Crippen LogP contribution < -0.4 is 5.73 Å². The van der Waals surface area contributed by atoms with Crippen LogP contribution in [0.2, 0.25) is 0 Å². The molecule has 1 atom stereocenters. The fourth-order valence-electron chi connectivity index (χ4n) is 2.52. The van der Waals surface area contributed by atoms with E-state index in [4.69, 9.17) is 5.73 Å². The summed E-state index contributed by atoms with van der Waals surface area (Å²) in [4.78, 5) is 12.2. The summed E-state index contributed by atoms with van der Waals surface area (Å²) in [6.07, 6.45) is 3.00. The van der Waals surface area contributed by atoms with Crippen LogP contribution in [0, 0.1) is 6.92 Å². The van der Waals surface area contributed by atoms with Crippen LogP contribution in [0.4, 0.5) is 14.7 Å². The van der Waals surface area contributed by atoms with Crippen molar-refractivity contribution in [3.05, 3.63) is 53.2 Å². The van der Waals surface area contributed by atoms with Crippen molar-refractivity contribution < 1.29 is 8.78 Å². The summed E-state index contributed by atoms with van der Waals surface area (Å²) in [5.41, 5.74) is 8.93. The third kappa shape index (κ3) is 2.70. The van der Waals surface area contributed by atoms with Crippen molar-refractivity contribution in [2.45, 2.75) is 20.0 Å². The molecule has 0 radical (unpaired) electrons. The number of nitrogens with two attached hydrogens (primary N) is 1. The van der Waals surface area contributed by atoms with Crippen LogP contribution in [-0.2, 0) is 0 Å². The van der Waals surface area contributed by atoms with Gasteiger partial charge in [0, 0.05) is 17.3 Å². The molecule has 2 N–H and O–H groups in total. The lowest BCUT2D eigenvalue weighted by molar-refractivity contribution is 0.258. The van der Waals surface area contributed by atoms with E-state index in [0.29, 0.717) is 17.0 Å². The zero-order valence-electron chi connectivity index (χ0n) is 13.2. The highest BCUT2D eigenvalue weighted by Gasteiger charge is 2.17. The van der Waals surface area contributed by atoms with Crippen LogP contribution in [0.5, 0.6) is 0 Å². The van der Waals surface area contributed by atoms with E-state index in [1.165, 1.54) is 10.7 Å².